The average molecular weight is 529 g/mol. The molecule has 0 bridgehead atoms. The van der Waals surface area contributed by atoms with Gasteiger partial charge in [-0.05, 0) is 57.9 Å². The standard InChI is InChI=1S/C27H27F3N4O2S/c1-17-16-37-25(33-17)19-10-8-18(9-11-19)12-13-31-24(35)23-22(15-32-34(23)26(2,3)4)36-21-7-5-6-20(14-21)27(28,29)30/h5-11,14-16H,12-13H2,1-4H3,(H,31,35). The fourth-order valence-electron chi connectivity index (χ4n) is 3.69. The second-order valence-corrected chi connectivity index (χ2v) is 10.4. The van der Waals surface area contributed by atoms with Gasteiger partial charge >= 0.3 is 6.18 Å². The number of hydrogen-bond acceptors (Lipinski definition) is 5. The maximum absolute atomic E-state index is 13.2. The molecule has 10 heteroatoms. The lowest BCUT2D eigenvalue weighted by molar-refractivity contribution is -0.137. The first kappa shape index (κ1) is 26.4. The zero-order valence-electron chi connectivity index (χ0n) is 20.9. The lowest BCUT2D eigenvalue weighted by Gasteiger charge is -2.22. The number of alkyl halides is 3. The molecule has 6 nitrogen and oxygen atoms in total. The van der Waals surface area contributed by atoms with Crippen LogP contribution in [0.1, 0.15) is 48.1 Å². The van der Waals surface area contributed by atoms with E-state index in [1.54, 1.807) is 11.3 Å². The van der Waals surface area contributed by atoms with Crippen molar-refractivity contribution in [1.29, 1.82) is 0 Å². The summed E-state index contributed by atoms with van der Waals surface area (Å²) >= 11 is 1.59. The van der Waals surface area contributed by atoms with Gasteiger partial charge in [0.2, 0.25) is 0 Å². The van der Waals surface area contributed by atoms with Crippen molar-refractivity contribution in [3.63, 3.8) is 0 Å². The fraction of sp³-hybridized carbons (Fsp3) is 0.296. The predicted octanol–water partition coefficient (Wildman–Crippen LogP) is 6.85. The van der Waals surface area contributed by atoms with E-state index in [1.807, 2.05) is 57.3 Å². The Kier molecular flexibility index (Phi) is 7.40. The summed E-state index contributed by atoms with van der Waals surface area (Å²) in [5, 5.41) is 10.1. The molecule has 0 aliphatic rings. The number of aromatic nitrogens is 3. The van der Waals surface area contributed by atoms with Gasteiger partial charge in [-0.2, -0.15) is 18.3 Å². The van der Waals surface area contributed by atoms with Gasteiger partial charge in [-0.25, -0.2) is 4.98 Å². The molecule has 37 heavy (non-hydrogen) atoms. The highest BCUT2D eigenvalue weighted by Gasteiger charge is 2.31. The van der Waals surface area contributed by atoms with Crippen molar-refractivity contribution >= 4 is 17.2 Å². The third-order valence-corrected chi connectivity index (χ3v) is 6.50. The lowest BCUT2D eigenvalue weighted by atomic mass is 10.1. The summed E-state index contributed by atoms with van der Waals surface area (Å²) in [6.07, 6.45) is -2.57. The highest BCUT2D eigenvalue weighted by molar-refractivity contribution is 7.13. The summed E-state index contributed by atoms with van der Waals surface area (Å²) in [7, 11) is 0. The van der Waals surface area contributed by atoms with Crippen molar-refractivity contribution in [1.82, 2.24) is 20.1 Å². The summed E-state index contributed by atoms with van der Waals surface area (Å²) in [5.74, 6) is -0.382. The Labute approximate surface area is 217 Å². The molecule has 0 spiro atoms. The fourth-order valence-corrected chi connectivity index (χ4v) is 4.50. The van der Waals surface area contributed by atoms with Crippen LogP contribution >= 0.6 is 11.3 Å². The third kappa shape index (κ3) is 6.37. The number of carbonyl (C=O) groups excluding carboxylic acids is 1. The van der Waals surface area contributed by atoms with E-state index in [4.69, 9.17) is 4.74 Å². The van der Waals surface area contributed by atoms with Gasteiger partial charge in [0.15, 0.2) is 11.4 Å². The van der Waals surface area contributed by atoms with Gasteiger partial charge in [0.25, 0.3) is 5.91 Å². The molecular formula is C27H27F3N4O2S. The first-order valence-electron chi connectivity index (χ1n) is 11.6. The normalized spacial score (nSPS) is 12.0. The number of carbonyl (C=O) groups is 1. The first-order valence-corrected chi connectivity index (χ1v) is 12.5. The molecule has 0 saturated carbocycles. The molecule has 4 aromatic rings. The largest absolute Gasteiger partial charge is 0.453 e. The van der Waals surface area contributed by atoms with Crippen molar-refractivity contribution in [3.8, 4) is 22.1 Å². The minimum Gasteiger partial charge on any atom is -0.453 e. The van der Waals surface area contributed by atoms with E-state index in [1.165, 1.54) is 23.0 Å². The topological polar surface area (TPSA) is 69.0 Å². The second kappa shape index (κ2) is 10.4. The van der Waals surface area contributed by atoms with Crippen LogP contribution in [0.5, 0.6) is 11.5 Å². The Morgan fingerprint density at radius 3 is 2.46 bits per heavy atom. The molecule has 4 rings (SSSR count). The molecule has 1 N–H and O–H groups in total. The maximum Gasteiger partial charge on any atom is 0.416 e. The Morgan fingerprint density at radius 2 is 1.84 bits per heavy atom. The van der Waals surface area contributed by atoms with Crippen LogP contribution in [0.25, 0.3) is 10.6 Å². The zero-order chi connectivity index (χ0) is 26.8. The lowest BCUT2D eigenvalue weighted by Crippen LogP contribution is -2.33. The van der Waals surface area contributed by atoms with Crippen LogP contribution in [0.2, 0.25) is 0 Å². The van der Waals surface area contributed by atoms with Gasteiger partial charge in [0.05, 0.1) is 17.3 Å². The average Bonchev–Trinajstić information content (AvgIpc) is 3.45. The van der Waals surface area contributed by atoms with Crippen LogP contribution < -0.4 is 10.1 Å². The minimum atomic E-state index is -4.51. The Bertz CT molecular complexity index is 1390. The van der Waals surface area contributed by atoms with Crippen LogP contribution in [0.3, 0.4) is 0 Å². The molecule has 1 amide bonds. The van der Waals surface area contributed by atoms with Crippen molar-refractivity contribution in [2.24, 2.45) is 0 Å². The molecule has 0 unspecified atom stereocenters. The summed E-state index contributed by atoms with van der Waals surface area (Å²) in [6, 6.07) is 12.5. The maximum atomic E-state index is 13.2. The second-order valence-electron chi connectivity index (χ2n) is 9.56. The van der Waals surface area contributed by atoms with Gasteiger partial charge in [-0.1, -0.05) is 30.3 Å². The molecule has 0 atom stereocenters. The smallest absolute Gasteiger partial charge is 0.416 e. The number of halogens is 3. The van der Waals surface area contributed by atoms with Gasteiger partial charge < -0.3 is 10.1 Å². The van der Waals surface area contributed by atoms with E-state index in [9.17, 15) is 18.0 Å². The number of hydrogen-bond donors (Lipinski definition) is 1. The molecule has 194 valence electrons. The molecule has 0 fully saturated rings. The Morgan fingerprint density at radius 1 is 1.11 bits per heavy atom. The van der Waals surface area contributed by atoms with E-state index < -0.39 is 23.2 Å². The molecule has 0 saturated heterocycles. The van der Waals surface area contributed by atoms with Crippen molar-refractivity contribution < 1.29 is 22.7 Å². The highest BCUT2D eigenvalue weighted by Crippen LogP contribution is 2.34. The molecule has 0 aliphatic heterocycles. The number of nitrogens with zero attached hydrogens (tertiary/aromatic N) is 3. The Hall–Kier alpha value is -3.66. The number of benzene rings is 2. The van der Waals surface area contributed by atoms with Crippen LogP contribution in [-0.2, 0) is 18.1 Å². The van der Waals surface area contributed by atoms with Gasteiger partial charge in [0.1, 0.15) is 10.8 Å². The van der Waals surface area contributed by atoms with Crippen LogP contribution in [0.15, 0.2) is 60.1 Å². The van der Waals surface area contributed by atoms with Crippen LogP contribution in [0.4, 0.5) is 13.2 Å². The molecule has 2 aromatic heterocycles. The third-order valence-electron chi connectivity index (χ3n) is 5.49. The van der Waals surface area contributed by atoms with E-state index in [-0.39, 0.29) is 17.2 Å². The summed E-state index contributed by atoms with van der Waals surface area (Å²) in [6.45, 7) is 7.93. The molecule has 2 heterocycles. The number of aryl methyl sites for hydroxylation is 1. The SMILES string of the molecule is Cc1csc(-c2ccc(CCNC(=O)c3c(Oc4cccc(C(F)(F)F)c4)cnn3C(C)(C)C)cc2)n1. The Balaban J connectivity index is 1.47. The van der Waals surface area contributed by atoms with Gasteiger partial charge in [-0.3, -0.25) is 9.48 Å². The van der Waals surface area contributed by atoms with Crippen LogP contribution in [0, 0.1) is 6.92 Å². The molecular weight excluding hydrogens is 501 g/mol. The summed E-state index contributed by atoms with van der Waals surface area (Å²) in [5.41, 5.74) is 1.80. The number of thiazole rings is 1. The quantitative estimate of drug-likeness (QED) is 0.285. The number of amides is 1. The van der Waals surface area contributed by atoms with E-state index >= 15 is 0 Å². The number of rotatable bonds is 7. The number of nitrogens with one attached hydrogen (secondary N) is 1. The van der Waals surface area contributed by atoms with Crippen molar-refractivity contribution in [2.45, 2.75) is 45.8 Å². The predicted molar refractivity (Wildman–Crippen MR) is 137 cm³/mol. The van der Waals surface area contributed by atoms with Crippen molar-refractivity contribution in [2.75, 3.05) is 6.54 Å². The summed E-state index contributed by atoms with van der Waals surface area (Å²) in [4.78, 5) is 17.7. The van der Waals surface area contributed by atoms with Crippen LogP contribution in [-0.4, -0.2) is 27.2 Å². The van der Waals surface area contributed by atoms with E-state index in [0.717, 1.165) is 34.0 Å². The summed E-state index contributed by atoms with van der Waals surface area (Å²) < 4.78 is 46.6. The van der Waals surface area contributed by atoms with Gasteiger partial charge in [0, 0.05) is 23.2 Å². The molecule has 2 aromatic carbocycles. The molecule has 0 aliphatic carbocycles. The van der Waals surface area contributed by atoms with Gasteiger partial charge in [-0.15, -0.1) is 11.3 Å². The highest BCUT2D eigenvalue weighted by atomic mass is 32.1. The van der Waals surface area contributed by atoms with E-state index in [2.05, 4.69) is 15.4 Å². The zero-order valence-corrected chi connectivity index (χ0v) is 21.7. The van der Waals surface area contributed by atoms with E-state index in [0.29, 0.717) is 13.0 Å². The monoisotopic (exact) mass is 528 g/mol. The number of ether oxygens (including phenoxy) is 1. The van der Waals surface area contributed by atoms with Crippen molar-refractivity contribution in [3.05, 3.63) is 82.6 Å². The first-order chi connectivity index (χ1) is 17.4. The minimum absolute atomic E-state index is 0.0344. The molecule has 0 radical (unpaired) electrons.